The summed E-state index contributed by atoms with van der Waals surface area (Å²) in [6.07, 6.45) is 3.43. The highest BCUT2D eigenvalue weighted by molar-refractivity contribution is 9.10. The van der Waals surface area contributed by atoms with Gasteiger partial charge in [0.2, 0.25) is 0 Å². The van der Waals surface area contributed by atoms with E-state index in [0.29, 0.717) is 11.6 Å². The van der Waals surface area contributed by atoms with Gasteiger partial charge in [0.1, 0.15) is 0 Å². The van der Waals surface area contributed by atoms with E-state index in [9.17, 15) is 4.79 Å². The quantitative estimate of drug-likeness (QED) is 0.903. The second-order valence-corrected chi connectivity index (χ2v) is 6.17. The van der Waals surface area contributed by atoms with Gasteiger partial charge in [-0.3, -0.25) is 4.79 Å². The monoisotopic (exact) mass is 348 g/mol. The zero-order valence-electron chi connectivity index (χ0n) is 11.8. The molecule has 1 unspecified atom stereocenters. The molecule has 110 valence electrons. The molecule has 0 radical (unpaired) electrons. The van der Waals surface area contributed by atoms with Crippen LogP contribution < -0.4 is 5.32 Å². The molecule has 0 aliphatic carbocycles. The summed E-state index contributed by atoms with van der Waals surface area (Å²) in [5.41, 5.74) is 1.57. The van der Waals surface area contributed by atoms with Crippen molar-refractivity contribution >= 4 is 21.8 Å². The molecular formula is C15H17BrN4O. The van der Waals surface area contributed by atoms with Crippen molar-refractivity contribution in [1.82, 2.24) is 20.0 Å². The van der Waals surface area contributed by atoms with Gasteiger partial charge < -0.3 is 10.2 Å². The first-order valence-corrected chi connectivity index (χ1v) is 7.76. The number of piperazine rings is 1. The van der Waals surface area contributed by atoms with Crippen LogP contribution in [0.2, 0.25) is 0 Å². The van der Waals surface area contributed by atoms with Gasteiger partial charge >= 0.3 is 0 Å². The van der Waals surface area contributed by atoms with Gasteiger partial charge in [0.15, 0.2) is 0 Å². The fraction of sp³-hybridized carbons (Fsp3) is 0.333. The highest BCUT2D eigenvalue weighted by Gasteiger charge is 2.22. The van der Waals surface area contributed by atoms with Crippen molar-refractivity contribution in [3.8, 4) is 5.69 Å². The van der Waals surface area contributed by atoms with Crippen LogP contribution in [-0.2, 0) is 0 Å². The Morgan fingerprint density at radius 2 is 2.14 bits per heavy atom. The van der Waals surface area contributed by atoms with E-state index in [0.717, 1.165) is 29.8 Å². The van der Waals surface area contributed by atoms with Gasteiger partial charge in [0.05, 0.1) is 17.4 Å². The highest BCUT2D eigenvalue weighted by Crippen LogP contribution is 2.15. The number of carbonyl (C=O) groups is 1. The average Bonchev–Trinajstić information content (AvgIpc) is 2.97. The molecule has 3 rings (SSSR count). The van der Waals surface area contributed by atoms with Crippen LogP contribution in [0.4, 0.5) is 0 Å². The number of aromatic nitrogens is 2. The van der Waals surface area contributed by atoms with Crippen LogP contribution in [0.5, 0.6) is 0 Å². The third-order valence-electron chi connectivity index (χ3n) is 3.58. The van der Waals surface area contributed by atoms with Crippen molar-refractivity contribution < 1.29 is 4.79 Å². The van der Waals surface area contributed by atoms with Gasteiger partial charge in [-0.15, -0.1) is 0 Å². The third-order valence-corrected chi connectivity index (χ3v) is 4.11. The molecule has 1 aromatic heterocycles. The number of amides is 1. The van der Waals surface area contributed by atoms with Gasteiger partial charge in [-0.1, -0.05) is 15.9 Å². The van der Waals surface area contributed by atoms with E-state index in [1.165, 1.54) is 0 Å². The molecular weight excluding hydrogens is 332 g/mol. The molecule has 1 amide bonds. The summed E-state index contributed by atoms with van der Waals surface area (Å²) in [6, 6.07) is 8.16. The molecule has 1 N–H and O–H groups in total. The maximum atomic E-state index is 12.5. The SMILES string of the molecule is CC1CN(C(=O)c2cnn(-c3ccc(Br)cc3)c2)CCN1. The number of carbonyl (C=O) groups excluding carboxylic acids is 1. The van der Waals surface area contributed by atoms with Crippen LogP contribution in [0.3, 0.4) is 0 Å². The summed E-state index contributed by atoms with van der Waals surface area (Å²) in [5, 5.41) is 7.62. The first-order valence-electron chi connectivity index (χ1n) is 6.97. The van der Waals surface area contributed by atoms with Crippen LogP contribution in [0, 0.1) is 0 Å². The van der Waals surface area contributed by atoms with Crippen LogP contribution in [0.15, 0.2) is 41.1 Å². The molecule has 2 heterocycles. The minimum atomic E-state index is 0.0479. The Balaban J connectivity index is 1.78. The summed E-state index contributed by atoms with van der Waals surface area (Å²) < 4.78 is 2.75. The average molecular weight is 349 g/mol. The topological polar surface area (TPSA) is 50.2 Å². The number of benzene rings is 1. The Labute approximate surface area is 132 Å². The van der Waals surface area contributed by atoms with Crippen molar-refractivity contribution in [1.29, 1.82) is 0 Å². The lowest BCUT2D eigenvalue weighted by molar-refractivity contribution is 0.0709. The normalized spacial score (nSPS) is 18.8. The smallest absolute Gasteiger partial charge is 0.257 e. The first-order chi connectivity index (χ1) is 10.1. The van der Waals surface area contributed by atoms with E-state index in [-0.39, 0.29) is 5.91 Å². The van der Waals surface area contributed by atoms with Crippen LogP contribution in [0.1, 0.15) is 17.3 Å². The molecule has 6 heteroatoms. The second-order valence-electron chi connectivity index (χ2n) is 5.26. The number of nitrogens with zero attached hydrogens (tertiary/aromatic N) is 3. The van der Waals surface area contributed by atoms with E-state index in [4.69, 9.17) is 0 Å². The Morgan fingerprint density at radius 3 is 2.86 bits per heavy atom. The minimum absolute atomic E-state index is 0.0479. The van der Waals surface area contributed by atoms with E-state index < -0.39 is 0 Å². The summed E-state index contributed by atoms with van der Waals surface area (Å²) in [7, 11) is 0. The van der Waals surface area contributed by atoms with Crippen molar-refractivity contribution in [3.63, 3.8) is 0 Å². The van der Waals surface area contributed by atoms with E-state index in [1.807, 2.05) is 29.2 Å². The summed E-state index contributed by atoms with van der Waals surface area (Å²) in [6.45, 7) is 4.41. The number of halogens is 1. The zero-order valence-corrected chi connectivity index (χ0v) is 13.4. The molecule has 1 aliphatic heterocycles. The molecule has 1 aromatic carbocycles. The highest BCUT2D eigenvalue weighted by atomic mass is 79.9. The van der Waals surface area contributed by atoms with Crippen molar-refractivity contribution in [2.45, 2.75) is 13.0 Å². The summed E-state index contributed by atoms with van der Waals surface area (Å²) >= 11 is 3.41. The molecule has 1 fully saturated rings. The molecule has 1 atom stereocenters. The lowest BCUT2D eigenvalue weighted by atomic mass is 10.2. The van der Waals surface area contributed by atoms with Gasteiger partial charge in [-0.05, 0) is 31.2 Å². The molecule has 2 aromatic rings. The summed E-state index contributed by atoms with van der Waals surface area (Å²) in [5.74, 6) is 0.0479. The maximum Gasteiger partial charge on any atom is 0.257 e. The van der Waals surface area contributed by atoms with Crippen LogP contribution in [-0.4, -0.2) is 46.3 Å². The van der Waals surface area contributed by atoms with Crippen molar-refractivity contribution in [2.24, 2.45) is 0 Å². The fourth-order valence-electron chi connectivity index (χ4n) is 2.47. The molecule has 1 aliphatic rings. The second kappa shape index (κ2) is 5.99. The van der Waals surface area contributed by atoms with Crippen molar-refractivity contribution in [2.75, 3.05) is 19.6 Å². The summed E-state index contributed by atoms with van der Waals surface area (Å²) in [4.78, 5) is 14.4. The Bertz CT molecular complexity index is 637. The van der Waals surface area contributed by atoms with Gasteiger partial charge in [-0.2, -0.15) is 5.10 Å². The number of hydrogen-bond acceptors (Lipinski definition) is 3. The number of hydrogen-bond donors (Lipinski definition) is 1. The van der Waals surface area contributed by atoms with E-state index >= 15 is 0 Å². The van der Waals surface area contributed by atoms with E-state index in [1.54, 1.807) is 17.1 Å². The van der Waals surface area contributed by atoms with Crippen LogP contribution in [0.25, 0.3) is 5.69 Å². The minimum Gasteiger partial charge on any atom is -0.336 e. The van der Waals surface area contributed by atoms with Gasteiger partial charge in [0.25, 0.3) is 5.91 Å². The number of rotatable bonds is 2. The molecule has 1 saturated heterocycles. The fourth-order valence-corrected chi connectivity index (χ4v) is 2.73. The van der Waals surface area contributed by atoms with Crippen LogP contribution >= 0.6 is 15.9 Å². The first kappa shape index (κ1) is 14.3. The zero-order chi connectivity index (χ0) is 14.8. The lowest BCUT2D eigenvalue weighted by Crippen LogP contribution is -2.51. The molecule has 0 spiro atoms. The van der Waals surface area contributed by atoms with Gasteiger partial charge in [-0.25, -0.2) is 4.68 Å². The Hall–Kier alpha value is -1.66. The molecule has 5 nitrogen and oxygen atoms in total. The van der Waals surface area contributed by atoms with Crippen molar-refractivity contribution in [3.05, 3.63) is 46.7 Å². The maximum absolute atomic E-state index is 12.5. The van der Waals surface area contributed by atoms with E-state index in [2.05, 4.69) is 33.3 Å². The molecule has 0 saturated carbocycles. The third kappa shape index (κ3) is 3.16. The molecule has 0 bridgehead atoms. The largest absolute Gasteiger partial charge is 0.336 e. The Morgan fingerprint density at radius 1 is 1.38 bits per heavy atom. The standard InChI is InChI=1S/C15H17BrN4O/c1-11-9-19(7-6-17-11)15(21)12-8-18-20(10-12)14-4-2-13(16)3-5-14/h2-5,8,10-11,17H,6-7,9H2,1H3. The molecule has 21 heavy (non-hydrogen) atoms. The lowest BCUT2D eigenvalue weighted by Gasteiger charge is -2.31. The predicted molar refractivity (Wildman–Crippen MR) is 84.6 cm³/mol. The Kier molecular flexibility index (Phi) is 4.07. The predicted octanol–water partition coefficient (Wildman–Crippen LogP) is 2.07. The number of nitrogens with one attached hydrogen (secondary N) is 1. The van der Waals surface area contributed by atoms with Gasteiger partial charge in [0, 0.05) is 36.3 Å².